The lowest BCUT2D eigenvalue weighted by molar-refractivity contribution is -0.143. The van der Waals surface area contributed by atoms with Crippen LogP contribution in [0.25, 0.3) is 0 Å². The summed E-state index contributed by atoms with van der Waals surface area (Å²) in [6, 6.07) is 7.55. The Bertz CT molecular complexity index is 540. The molecule has 5 nitrogen and oxygen atoms in total. The van der Waals surface area contributed by atoms with E-state index in [4.69, 9.17) is 10.00 Å². The summed E-state index contributed by atoms with van der Waals surface area (Å²) in [5.74, 6) is -1.59. The van der Waals surface area contributed by atoms with Gasteiger partial charge in [-0.1, -0.05) is 12.1 Å². The summed E-state index contributed by atoms with van der Waals surface area (Å²) < 4.78 is 18.4. The molecule has 0 saturated carbocycles. The first-order valence-corrected chi connectivity index (χ1v) is 6.66. The highest BCUT2D eigenvalue weighted by Gasteiger charge is 2.19. The first-order chi connectivity index (χ1) is 10.1. The highest BCUT2D eigenvalue weighted by Crippen LogP contribution is 2.11. The number of hydrogen-bond acceptors (Lipinski definition) is 4. The van der Waals surface area contributed by atoms with Gasteiger partial charge >= 0.3 is 5.97 Å². The molecule has 0 N–H and O–H groups in total. The minimum atomic E-state index is -0.624. The average Bonchev–Trinajstić information content (AvgIpc) is 2.47. The fourth-order valence-electron chi connectivity index (χ4n) is 1.76. The number of hydrogen-bond donors (Lipinski definition) is 0. The minimum Gasteiger partial charge on any atom is -0.466 e. The van der Waals surface area contributed by atoms with E-state index in [1.807, 2.05) is 6.07 Å². The fourth-order valence-corrected chi connectivity index (χ4v) is 1.76. The Morgan fingerprint density at radius 3 is 2.67 bits per heavy atom. The van der Waals surface area contributed by atoms with Crippen molar-refractivity contribution in [3.05, 3.63) is 35.6 Å². The van der Waals surface area contributed by atoms with Gasteiger partial charge in [-0.05, 0) is 19.1 Å². The number of carbonyl (C=O) groups excluding carboxylic acids is 2. The molecule has 1 aromatic rings. The van der Waals surface area contributed by atoms with E-state index in [0.29, 0.717) is 0 Å². The third-order valence-electron chi connectivity index (χ3n) is 2.78. The molecule has 0 unspecified atom stereocenters. The molecule has 1 rings (SSSR count). The molecule has 112 valence electrons. The lowest BCUT2D eigenvalue weighted by Gasteiger charge is -2.21. The molecule has 0 aliphatic heterocycles. The molecule has 0 saturated heterocycles. The number of nitrogens with zero attached hydrogens (tertiary/aromatic N) is 2. The van der Waals surface area contributed by atoms with Gasteiger partial charge in [0.25, 0.3) is 5.91 Å². The first kappa shape index (κ1) is 16.6. The molecule has 0 spiro atoms. The molecule has 1 aromatic carbocycles. The zero-order valence-corrected chi connectivity index (χ0v) is 11.8. The van der Waals surface area contributed by atoms with Gasteiger partial charge in [0.15, 0.2) is 0 Å². The number of benzene rings is 1. The maximum absolute atomic E-state index is 13.6. The van der Waals surface area contributed by atoms with Gasteiger partial charge in [0, 0.05) is 13.1 Å². The van der Waals surface area contributed by atoms with Crippen LogP contribution in [0.5, 0.6) is 0 Å². The predicted octanol–water partition coefficient (Wildman–Crippen LogP) is 2.13. The quantitative estimate of drug-likeness (QED) is 0.722. The van der Waals surface area contributed by atoms with Crippen LogP contribution in [0.4, 0.5) is 4.39 Å². The van der Waals surface area contributed by atoms with Crippen LogP contribution >= 0.6 is 0 Å². The molecule has 21 heavy (non-hydrogen) atoms. The van der Waals surface area contributed by atoms with Crippen molar-refractivity contribution in [2.45, 2.75) is 19.8 Å². The van der Waals surface area contributed by atoms with Gasteiger partial charge in [0.1, 0.15) is 5.82 Å². The van der Waals surface area contributed by atoms with Crippen molar-refractivity contribution in [1.29, 1.82) is 5.26 Å². The average molecular weight is 292 g/mol. The van der Waals surface area contributed by atoms with Crippen molar-refractivity contribution in [2.75, 3.05) is 19.7 Å². The summed E-state index contributed by atoms with van der Waals surface area (Å²) in [4.78, 5) is 24.9. The molecule has 0 fully saturated rings. The molecule has 0 aliphatic carbocycles. The molecular weight excluding hydrogens is 275 g/mol. The van der Waals surface area contributed by atoms with Crippen molar-refractivity contribution in [2.24, 2.45) is 0 Å². The number of nitriles is 1. The number of rotatable bonds is 7. The van der Waals surface area contributed by atoms with Crippen LogP contribution in [-0.4, -0.2) is 36.5 Å². The molecule has 1 amide bonds. The normalized spacial score (nSPS) is 9.76. The van der Waals surface area contributed by atoms with Crippen molar-refractivity contribution < 1.29 is 18.7 Å². The highest BCUT2D eigenvalue weighted by molar-refractivity contribution is 5.94. The minimum absolute atomic E-state index is 0.0134. The van der Waals surface area contributed by atoms with Gasteiger partial charge in [-0.25, -0.2) is 4.39 Å². The van der Waals surface area contributed by atoms with Crippen LogP contribution < -0.4 is 0 Å². The van der Waals surface area contributed by atoms with Crippen LogP contribution in [0.1, 0.15) is 30.1 Å². The lowest BCUT2D eigenvalue weighted by Crippen LogP contribution is -2.34. The van der Waals surface area contributed by atoms with E-state index >= 15 is 0 Å². The Hall–Kier alpha value is -2.42. The summed E-state index contributed by atoms with van der Waals surface area (Å²) >= 11 is 0. The predicted molar refractivity (Wildman–Crippen MR) is 73.8 cm³/mol. The summed E-state index contributed by atoms with van der Waals surface area (Å²) in [5.41, 5.74) is -0.0701. The first-order valence-electron chi connectivity index (χ1n) is 6.66. The molecule has 0 bridgehead atoms. The standard InChI is InChI=1S/C15H17FN2O3/c1-2-21-14(19)8-11-18(10-5-9-17)15(20)12-6-3-4-7-13(12)16/h3-4,6-7H,2,5,8,10-11H2,1H3. The number of esters is 1. The van der Waals surface area contributed by atoms with Crippen molar-refractivity contribution in [1.82, 2.24) is 4.90 Å². The summed E-state index contributed by atoms with van der Waals surface area (Å²) in [6.07, 6.45) is 0.127. The fraction of sp³-hybridized carbons (Fsp3) is 0.400. The van der Waals surface area contributed by atoms with Crippen molar-refractivity contribution in [3.63, 3.8) is 0 Å². The zero-order valence-electron chi connectivity index (χ0n) is 11.8. The Morgan fingerprint density at radius 1 is 1.33 bits per heavy atom. The number of halogens is 1. The van der Waals surface area contributed by atoms with E-state index in [2.05, 4.69) is 0 Å². The van der Waals surface area contributed by atoms with Crippen molar-refractivity contribution >= 4 is 11.9 Å². The van der Waals surface area contributed by atoms with E-state index in [-0.39, 0.29) is 38.1 Å². The summed E-state index contributed by atoms with van der Waals surface area (Å²) in [5, 5.41) is 8.63. The Balaban J connectivity index is 2.77. The molecule has 0 atom stereocenters. The monoisotopic (exact) mass is 292 g/mol. The second-order valence-corrected chi connectivity index (χ2v) is 4.24. The summed E-state index contributed by atoms with van der Waals surface area (Å²) in [7, 11) is 0. The molecule has 0 aromatic heterocycles. The Kier molecular flexibility index (Phi) is 6.88. The van der Waals surface area contributed by atoms with Crippen molar-refractivity contribution in [3.8, 4) is 6.07 Å². The smallest absolute Gasteiger partial charge is 0.307 e. The molecular formula is C15H17FN2O3. The topological polar surface area (TPSA) is 70.4 Å². The second kappa shape index (κ2) is 8.69. The van der Waals surface area contributed by atoms with Gasteiger partial charge < -0.3 is 9.64 Å². The maximum Gasteiger partial charge on any atom is 0.307 e. The zero-order chi connectivity index (χ0) is 15.7. The van der Waals surface area contributed by atoms with Gasteiger partial charge in [-0.2, -0.15) is 5.26 Å². The molecule has 0 radical (unpaired) electrons. The number of amides is 1. The SMILES string of the molecule is CCOC(=O)CCN(CCC#N)C(=O)c1ccccc1F. The van der Waals surface area contributed by atoms with E-state index in [9.17, 15) is 14.0 Å². The molecule has 6 heteroatoms. The van der Waals surface area contributed by atoms with Gasteiger partial charge in [-0.3, -0.25) is 9.59 Å². The second-order valence-electron chi connectivity index (χ2n) is 4.24. The molecule has 0 heterocycles. The van der Waals surface area contributed by atoms with E-state index in [1.165, 1.54) is 23.1 Å². The lowest BCUT2D eigenvalue weighted by atomic mass is 10.1. The van der Waals surface area contributed by atoms with Crippen LogP contribution in [-0.2, 0) is 9.53 Å². The van der Waals surface area contributed by atoms with E-state index in [1.54, 1.807) is 13.0 Å². The van der Waals surface area contributed by atoms with Crippen LogP contribution in [0.2, 0.25) is 0 Å². The Labute approximate surface area is 122 Å². The summed E-state index contributed by atoms with van der Waals surface area (Å²) in [6.45, 7) is 2.19. The highest BCUT2D eigenvalue weighted by atomic mass is 19.1. The van der Waals surface area contributed by atoms with E-state index in [0.717, 1.165) is 0 Å². The van der Waals surface area contributed by atoms with Gasteiger partial charge in [0.05, 0.1) is 31.1 Å². The third-order valence-corrected chi connectivity index (χ3v) is 2.78. The molecule has 0 aliphatic rings. The largest absolute Gasteiger partial charge is 0.466 e. The number of ether oxygens (including phenoxy) is 1. The maximum atomic E-state index is 13.6. The van der Waals surface area contributed by atoms with Crippen LogP contribution in [0.15, 0.2) is 24.3 Å². The third kappa shape index (κ3) is 5.22. The van der Waals surface area contributed by atoms with E-state index < -0.39 is 17.7 Å². The Morgan fingerprint density at radius 2 is 2.05 bits per heavy atom. The van der Waals surface area contributed by atoms with Crippen LogP contribution in [0.3, 0.4) is 0 Å². The van der Waals surface area contributed by atoms with Crippen LogP contribution in [0, 0.1) is 17.1 Å². The van der Waals surface area contributed by atoms with Gasteiger partial charge in [-0.15, -0.1) is 0 Å². The number of carbonyl (C=O) groups is 2. The van der Waals surface area contributed by atoms with Gasteiger partial charge in [0.2, 0.25) is 0 Å².